The average molecular weight is 241 g/mol. The van der Waals surface area contributed by atoms with Gasteiger partial charge >= 0.3 is 0 Å². The first-order valence-electron chi connectivity index (χ1n) is 6.02. The molecule has 2 aromatic carbocycles. The molecule has 0 saturated heterocycles. The van der Waals surface area contributed by atoms with Gasteiger partial charge in [-0.3, -0.25) is 4.99 Å². The topological polar surface area (TPSA) is 38.7 Å². The van der Waals surface area contributed by atoms with E-state index in [1.807, 2.05) is 61.5 Å². The highest BCUT2D eigenvalue weighted by Crippen LogP contribution is 2.15. The van der Waals surface area contributed by atoms with Gasteiger partial charge in [-0.25, -0.2) is 0 Å². The maximum Gasteiger partial charge on any atom is 0.0509 e. The lowest BCUT2D eigenvalue weighted by molar-refractivity contribution is -0.213. The number of hydrogen-bond acceptors (Lipinski definition) is 3. The van der Waals surface area contributed by atoms with E-state index in [4.69, 9.17) is 0 Å². The normalized spacial score (nSPS) is 12.3. The Morgan fingerprint density at radius 1 is 1.11 bits per heavy atom. The maximum absolute atomic E-state index is 11.9. The Balaban J connectivity index is 2.19. The zero-order valence-electron chi connectivity index (χ0n) is 10.8. The molecule has 0 aliphatic heterocycles. The van der Waals surface area contributed by atoms with Crippen LogP contribution in [0.4, 0.5) is 0 Å². The standard InChI is InChI=1S/C15H18N2O/c1-17(2)10-9-16-15(18)14-8-7-12-5-3-4-6-13(12)11-14/h3-8,11H,9-10H2,1-2H3,(H,16,18)/p-1. The van der Waals surface area contributed by atoms with Gasteiger partial charge in [0.25, 0.3) is 0 Å². The van der Waals surface area contributed by atoms with Crippen molar-refractivity contribution >= 4 is 16.7 Å². The van der Waals surface area contributed by atoms with Crippen LogP contribution >= 0.6 is 0 Å². The van der Waals surface area contributed by atoms with E-state index in [-0.39, 0.29) is 5.90 Å². The van der Waals surface area contributed by atoms with E-state index in [2.05, 4.69) is 4.99 Å². The molecule has 0 aromatic heterocycles. The number of hydrogen-bond donors (Lipinski definition) is 0. The zero-order chi connectivity index (χ0) is 13.0. The molecule has 0 heterocycles. The Morgan fingerprint density at radius 3 is 2.56 bits per heavy atom. The van der Waals surface area contributed by atoms with Gasteiger partial charge in [0.15, 0.2) is 0 Å². The highest BCUT2D eigenvalue weighted by atomic mass is 16.3. The SMILES string of the molecule is CN(C)CCN=C([O-])c1ccc2ccccc2c1. The van der Waals surface area contributed by atoms with E-state index < -0.39 is 0 Å². The molecular weight excluding hydrogens is 224 g/mol. The van der Waals surface area contributed by atoms with E-state index in [0.29, 0.717) is 12.1 Å². The average Bonchev–Trinajstić information content (AvgIpc) is 2.37. The molecule has 0 atom stereocenters. The van der Waals surface area contributed by atoms with Crippen molar-refractivity contribution in [3.05, 3.63) is 48.0 Å². The molecule has 0 saturated carbocycles. The molecule has 18 heavy (non-hydrogen) atoms. The van der Waals surface area contributed by atoms with Gasteiger partial charge in [0.1, 0.15) is 0 Å². The highest BCUT2D eigenvalue weighted by Gasteiger charge is 1.96. The van der Waals surface area contributed by atoms with Crippen LogP contribution in [0, 0.1) is 0 Å². The molecule has 0 aliphatic carbocycles. The predicted molar refractivity (Wildman–Crippen MR) is 73.9 cm³/mol. The fourth-order valence-electron chi connectivity index (χ4n) is 1.77. The minimum Gasteiger partial charge on any atom is -0.858 e. The van der Waals surface area contributed by atoms with Gasteiger partial charge in [0.2, 0.25) is 0 Å². The fraction of sp³-hybridized carbons (Fsp3) is 0.267. The summed E-state index contributed by atoms with van der Waals surface area (Å²) in [6.07, 6.45) is 0. The van der Waals surface area contributed by atoms with Crippen LogP contribution in [0.25, 0.3) is 10.8 Å². The van der Waals surface area contributed by atoms with Crippen molar-refractivity contribution in [2.24, 2.45) is 4.99 Å². The molecule has 0 radical (unpaired) electrons. The highest BCUT2D eigenvalue weighted by molar-refractivity contribution is 5.96. The molecule has 0 aliphatic rings. The molecule has 2 aromatic rings. The van der Waals surface area contributed by atoms with Crippen LogP contribution in [0.3, 0.4) is 0 Å². The lowest BCUT2D eigenvalue weighted by Gasteiger charge is -2.13. The molecule has 0 spiro atoms. The summed E-state index contributed by atoms with van der Waals surface area (Å²) in [5, 5.41) is 14.1. The van der Waals surface area contributed by atoms with Crippen LogP contribution in [0.5, 0.6) is 0 Å². The number of benzene rings is 2. The van der Waals surface area contributed by atoms with Gasteiger partial charge in [-0.1, -0.05) is 36.4 Å². The van der Waals surface area contributed by atoms with Crippen molar-refractivity contribution < 1.29 is 5.11 Å². The van der Waals surface area contributed by atoms with Crippen LogP contribution in [0.1, 0.15) is 5.56 Å². The van der Waals surface area contributed by atoms with Crippen molar-refractivity contribution in [3.8, 4) is 0 Å². The van der Waals surface area contributed by atoms with Gasteiger partial charge in [-0.15, -0.1) is 0 Å². The van der Waals surface area contributed by atoms with Crippen molar-refractivity contribution in [1.29, 1.82) is 0 Å². The summed E-state index contributed by atoms with van der Waals surface area (Å²) in [7, 11) is 3.94. The summed E-state index contributed by atoms with van der Waals surface area (Å²) >= 11 is 0. The Kier molecular flexibility index (Phi) is 3.95. The van der Waals surface area contributed by atoms with Crippen LogP contribution in [0.2, 0.25) is 0 Å². The first-order chi connectivity index (χ1) is 8.66. The molecule has 0 unspecified atom stereocenters. The van der Waals surface area contributed by atoms with E-state index in [1.54, 1.807) is 0 Å². The Hall–Kier alpha value is -1.87. The molecule has 3 nitrogen and oxygen atoms in total. The first kappa shape index (κ1) is 12.6. The summed E-state index contributed by atoms with van der Waals surface area (Å²) in [4.78, 5) is 6.07. The Bertz CT molecular complexity index is 561. The Morgan fingerprint density at radius 2 is 1.83 bits per heavy atom. The predicted octanol–water partition coefficient (Wildman–Crippen LogP) is 1.51. The van der Waals surface area contributed by atoms with E-state index in [1.165, 1.54) is 0 Å². The van der Waals surface area contributed by atoms with Crippen LogP contribution < -0.4 is 5.11 Å². The monoisotopic (exact) mass is 241 g/mol. The van der Waals surface area contributed by atoms with Crippen LogP contribution in [-0.2, 0) is 0 Å². The van der Waals surface area contributed by atoms with Crippen molar-refractivity contribution in [2.75, 3.05) is 27.2 Å². The number of nitrogens with zero attached hydrogens (tertiary/aromatic N) is 2. The van der Waals surface area contributed by atoms with Crippen molar-refractivity contribution in [1.82, 2.24) is 4.90 Å². The molecule has 94 valence electrons. The third kappa shape index (κ3) is 3.08. The quantitative estimate of drug-likeness (QED) is 0.601. The molecule has 0 fully saturated rings. The summed E-state index contributed by atoms with van der Waals surface area (Å²) in [5.74, 6) is -0.136. The Labute approximate surface area is 107 Å². The second kappa shape index (κ2) is 5.65. The third-order valence-corrected chi connectivity index (χ3v) is 2.80. The molecule has 0 N–H and O–H groups in total. The molecule has 0 bridgehead atoms. The zero-order valence-corrected chi connectivity index (χ0v) is 10.8. The third-order valence-electron chi connectivity index (χ3n) is 2.80. The van der Waals surface area contributed by atoms with Crippen LogP contribution in [0.15, 0.2) is 47.5 Å². The lowest BCUT2D eigenvalue weighted by Crippen LogP contribution is -2.22. The van der Waals surface area contributed by atoms with Gasteiger partial charge in [-0.2, -0.15) is 0 Å². The van der Waals surface area contributed by atoms with Gasteiger partial charge in [0, 0.05) is 6.54 Å². The fourth-order valence-corrected chi connectivity index (χ4v) is 1.77. The molecule has 2 rings (SSSR count). The van der Waals surface area contributed by atoms with Crippen LogP contribution in [-0.4, -0.2) is 38.0 Å². The summed E-state index contributed by atoms with van der Waals surface area (Å²) in [5.41, 5.74) is 0.660. The number of likely N-dealkylation sites (N-methyl/N-ethyl adjacent to an activating group) is 1. The summed E-state index contributed by atoms with van der Waals surface area (Å²) in [6.45, 7) is 1.33. The van der Waals surface area contributed by atoms with Gasteiger partial charge in [0.05, 0.1) is 6.54 Å². The van der Waals surface area contributed by atoms with E-state index >= 15 is 0 Å². The minimum absolute atomic E-state index is 0.136. The van der Waals surface area contributed by atoms with E-state index in [0.717, 1.165) is 17.3 Å². The number of fused-ring (bicyclic) bond motifs is 1. The summed E-state index contributed by atoms with van der Waals surface area (Å²) in [6, 6.07) is 13.7. The molecule has 0 amide bonds. The van der Waals surface area contributed by atoms with Crippen molar-refractivity contribution in [2.45, 2.75) is 0 Å². The minimum atomic E-state index is -0.136. The summed E-state index contributed by atoms with van der Waals surface area (Å²) < 4.78 is 0. The number of aliphatic imine (C=N–C) groups is 1. The molecular formula is C15H17N2O-. The second-order valence-corrected chi connectivity index (χ2v) is 4.55. The smallest absolute Gasteiger partial charge is 0.0509 e. The van der Waals surface area contributed by atoms with Gasteiger partial charge < -0.3 is 10.0 Å². The number of rotatable bonds is 4. The molecule has 3 heteroatoms. The first-order valence-corrected chi connectivity index (χ1v) is 6.02. The largest absolute Gasteiger partial charge is 0.858 e. The second-order valence-electron chi connectivity index (χ2n) is 4.55. The lowest BCUT2D eigenvalue weighted by atomic mass is 10.1. The van der Waals surface area contributed by atoms with Crippen molar-refractivity contribution in [3.63, 3.8) is 0 Å². The van der Waals surface area contributed by atoms with Gasteiger partial charge in [-0.05, 0) is 42.4 Å². The van der Waals surface area contributed by atoms with E-state index in [9.17, 15) is 5.11 Å². The maximum atomic E-state index is 11.9.